The standard InChI is InChI=1S/C19H21BrClN3O3/c20-15-5-6-18(25)24(13-15)14-19(26)23-9-7-22(8-10-23)11-12-27-17-4-2-1-3-16(17)21/h1-6,13H,7-12,14H2. The van der Waals surface area contributed by atoms with Crippen LogP contribution in [0, 0.1) is 0 Å². The van der Waals surface area contributed by atoms with E-state index < -0.39 is 0 Å². The fourth-order valence-corrected chi connectivity index (χ4v) is 3.51. The van der Waals surface area contributed by atoms with Crippen LogP contribution in [0.5, 0.6) is 5.75 Å². The number of nitrogens with zero attached hydrogens (tertiary/aromatic N) is 3. The molecule has 1 amide bonds. The lowest BCUT2D eigenvalue weighted by Gasteiger charge is -2.34. The Morgan fingerprint density at radius 3 is 2.59 bits per heavy atom. The number of pyridine rings is 1. The molecule has 0 spiro atoms. The van der Waals surface area contributed by atoms with Crippen LogP contribution in [0.15, 0.2) is 51.9 Å². The Balaban J connectivity index is 1.43. The first-order valence-corrected chi connectivity index (χ1v) is 9.93. The number of aromatic nitrogens is 1. The molecule has 0 bridgehead atoms. The molecule has 0 unspecified atom stereocenters. The molecule has 1 aromatic heterocycles. The predicted octanol–water partition coefficient (Wildman–Crippen LogP) is 2.49. The quantitative estimate of drug-likeness (QED) is 0.673. The summed E-state index contributed by atoms with van der Waals surface area (Å²) in [5, 5.41) is 0.607. The van der Waals surface area contributed by atoms with Crippen molar-refractivity contribution in [2.45, 2.75) is 6.54 Å². The topological polar surface area (TPSA) is 54.8 Å². The van der Waals surface area contributed by atoms with E-state index in [0.29, 0.717) is 30.5 Å². The largest absolute Gasteiger partial charge is 0.491 e. The number of para-hydroxylation sites is 1. The molecule has 1 aromatic carbocycles. The summed E-state index contributed by atoms with van der Waals surface area (Å²) in [6.45, 7) is 4.24. The number of benzene rings is 1. The summed E-state index contributed by atoms with van der Waals surface area (Å²) in [6, 6.07) is 10.5. The fraction of sp³-hybridized carbons (Fsp3) is 0.368. The third-order valence-corrected chi connectivity index (χ3v) is 5.26. The van der Waals surface area contributed by atoms with Crippen LogP contribution in [-0.4, -0.2) is 59.6 Å². The van der Waals surface area contributed by atoms with E-state index >= 15 is 0 Å². The van der Waals surface area contributed by atoms with Crippen molar-refractivity contribution in [3.8, 4) is 5.75 Å². The highest BCUT2D eigenvalue weighted by Gasteiger charge is 2.21. The molecule has 2 heterocycles. The van der Waals surface area contributed by atoms with Gasteiger partial charge in [-0.3, -0.25) is 14.5 Å². The van der Waals surface area contributed by atoms with Crippen LogP contribution < -0.4 is 10.3 Å². The van der Waals surface area contributed by atoms with Gasteiger partial charge in [0.05, 0.1) is 5.02 Å². The Kier molecular flexibility index (Phi) is 6.93. The van der Waals surface area contributed by atoms with Gasteiger partial charge in [0.2, 0.25) is 5.91 Å². The molecule has 1 aliphatic heterocycles. The van der Waals surface area contributed by atoms with Crippen molar-refractivity contribution in [2.75, 3.05) is 39.3 Å². The van der Waals surface area contributed by atoms with Crippen molar-refractivity contribution in [1.82, 2.24) is 14.4 Å². The normalized spacial score (nSPS) is 15.0. The van der Waals surface area contributed by atoms with Crippen LogP contribution in [0.2, 0.25) is 5.02 Å². The molecule has 144 valence electrons. The first-order valence-electron chi connectivity index (χ1n) is 8.76. The molecule has 0 radical (unpaired) electrons. The lowest BCUT2D eigenvalue weighted by Crippen LogP contribution is -2.50. The minimum Gasteiger partial charge on any atom is -0.491 e. The second-order valence-electron chi connectivity index (χ2n) is 6.31. The van der Waals surface area contributed by atoms with Crippen molar-refractivity contribution >= 4 is 33.4 Å². The molecule has 0 aliphatic carbocycles. The maximum Gasteiger partial charge on any atom is 0.251 e. The lowest BCUT2D eigenvalue weighted by molar-refractivity contribution is -0.133. The fourth-order valence-electron chi connectivity index (χ4n) is 2.94. The smallest absolute Gasteiger partial charge is 0.251 e. The molecule has 8 heteroatoms. The van der Waals surface area contributed by atoms with Gasteiger partial charge in [0.15, 0.2) is 0 Å². The minimum atomic E-state index is -0.179. The highest BCUT2D eigenvalue weighted by molar-refractivity contribution is 9.10. The van der Waals surface area contributed by atoms with E-state index in [1.807, 2.05) is 18.2 Å². The molecule has 2 aromatic rings. The van der Waals surface area contributed by atoms with Crippen LogP contribution in [-0.2, 0) is 11.3 Å². The zero-order chi connectivity index (χ0) is 19.2. The summed E-state index contributed by atoms with van der Waals surface area (Å²) in [6.07, 6.45) is 1.64. The number of hydrogen-bond donors (Lipinski definition) is 0. The van der Waals surface area contributed by atoms with E-state index in [-0.39, 0.29) is 18.0 Å². The first kappa shape index (κ1) is 19.9. The Hall–Kier alpha value is -1.83. The van der Waals surface area contributed by atoms with Crippen LogP contribution in [0.1, 0.15) is 0 Å². The van der Waals surface area contributed by atoms with Gasteiger partial charge >= 0.3 is 0 Å². The van der Waals surface area contributed by atoms with E-state index in [9.17, 15) is 9.59 Å². The van der Waals surface area contributed by atoms with E-state index in [2.05, 4.69) is 20.8 Å². The van der Waals surface area contributed by atoms with Crippen molar-refractivity contribution in [2.24, 2.45) is 0 Å². The summed E-state index contributed by atoms with van der Waals surface area (Å²) in [4.78, 5) is 28.4. The highest BCUT2D eigenvalue weighted by atomic mass is 79.9. The Morgan fingerprint density at radius 2 is 1.85 bits per heavy atom. The third-order valence-electron chi connectivity index (χ3n) is 4.48. The second-order valence-corrected chi connectivity index (χ2v) is 7.64. The van der Waals surface area contributed by atoms with Gasteiger partial charge in [-0.05, 0) is 34.1 Å². The molecule has 3 rings (SSSR count). The van der Waals surface area contributed by atoms with Gasteiger partial charge in [-0.2, -0.15) is 0 Å². The molecular weight excluding hydrogens is 434 g/mol. The number of rotatable bonds is 6. The molecule has 27 heavy (non-hydrogen) atoms. The van der Waals surface area contributed by atoms with Crippen molar-refractivity contribution in [3.05, 3.63) is 62.4 Å². The van der Waals surface area contributed by atoms with Crippen molar-refractivity contribution in [3.63, 3.8) is 0 Å². The SMILES string of the molecule is O=C(Cn1cc(Br)ccc1=O)N1CCN(CCOc2ccccc2Cl)CC1. The van der Waals surface area contributed by atoms with Crippen LogP contribution in [0.4, 0.5) is 0 Å². The van der Waals surface area contributed by atoms with Gasteiger partial charge in [0.1, 0.15) is 18.9 Å². The van der Waals surface area contributed by atoms with Gasteiger partial charge in [-0.25, -0.2) is 0 Å². The van der Waals surface area contributed by atoms with E-state index in [0.717, 1.165) is 24.1 Å². The molecule has 0 saturated carbocycles. The summed E-state index contributed by atoms with van der Waals surface area (Å²) in [5.74, 6) is 0.648. The number of piperazine rings is 1. The molecular formula is C19H21BrClN3O3. The monoisotopic (exact) mass is 453 g/mol. The van der Waals surface area contributed by atoms with E-state index in [1.165, 1.54) is 10.6 Å². The Bertz CT molecular complexity index is 850. The van der Waals surface area contributed by atoms with Crippen LogP contribution in [0.3, 0.4) is 0 Å². The molecule has 6 nitrogen and oxygen atoms in total. The maximum atomic E-state index is 12.5. The van der Waals surface area contributed by atoms with Gasteiger partial charge in [-0.15, -0.1) is 0 Å². The molecule has 0 atom stereocenters. The lowest BCUT2D eigenvalue weighted by atomic mass is 10.3. The van der Waals surface area contributed by atoms with Crippen molar-refractivity contribution in [1.29, 1.82) is 0 Å². The third kappa shape index (κ3) is 5.57. The highest BCUT2D eigenvalue weighted by Crippen LogP contribution is 2.22. The first-order chi connectivity index (χ1) is 13.0. The predicted molar refractivity (Wildman–Crippen MR) is 108 cm³/mol. The number of halogens is 2. The molecule has 1 fully saturated rings. The number of hydrogen-bond acceptors (Lipinski definition) is 4. The van der Waals surface area contributed by atoms with E-state index in [4.69, 9.17) is 16.3 Å². The number of amides is 1. The average Bonchev–Trinajstić information content (AvgIpc) is 2.67. The minimum absolute atomic E-state index is 0.0397. The van der Waals surface area contributed by atoms with Crippen molar-refractivity contribution < 1.29 is 9.53 Å². The molecule has 1 saturated heterocycles. The maximum absolute atomic E-state index is 12.5. The Labute approximate surface area is 171 Å². The number of ether oxygens (including phenoxy) is 1. The Morgan fingerprint density at radius 1 is 1.11 bits per heavy atom. The summed E-state index contributed by atoms with van der Waals surface area (Å²) in [5.41, 5.74) is -0.179. The second kappa shape index (κ2) is 9.39. The zero-order valence-corrected chi connectivity index (χ0v) is 17.2. The molecule has 1 aliphatic rings. The van der Waals surface area contributed by atoms with Gasteiger partial charge < -0.3 is 14.2 Å². The van der Waals surface area contributed by atoms with Gasteiger partial charge in [0, 0.05) is 49.5 Å². The number of carbonyl (C=O) groups is 1. The van der Waals surface area contributed by atoms with Gasteiger partial charge in [0.25, 0.3) is 5.56 Å². The number of carbonyl (C=O) groups excluding carboxylic acids is 1. The average molecular weight is 455 g/mol. The van der Waals surface area contributed by atoms with Crippen LogP contribution >= 0.6 is 27.5 Å². The van der Waals surface area contributed by atoms with E-state index in [1.54, 1.807) is 23.2 Å². The summed E-state index contributed by atoms with van der Waals surface area (Å²) < 4.78 is 7.92. The summed E-state index contributed by atoms with van der Waals surface area (Å²) >= 11 is 9.40. The van der Waals surface area contributed by atoms with Gasteiger partial charge in [-0.1, -0.05) is 23.7 Å². The zero-order valence-electron chi connectivity index (χ0n) is 14.8. The summed E-state index contributed by atoms with van der Waals surface area (Å²) in [7, 11) is 0. The molecule has 0 N–H and O–H groups in total. The van der Waals surface area contributed by atoms with Crippen LogP contribution in [0.25, 0.3) is 0 Å².